The van der Waals surface area contributed by atoms with E-state index in [1.165, 1.54) is 161 Å². The fourth-order valence-corrected chi connectivity index (χ4v) is 7.79. The standard InChI is InChI=1S/C50H97NO5/c1-4-7-10-13-16-19-21-23-25-27-29-31-34-37-40-43-50(55)56-46(41-38-35-32-18-15-12-9-6-3)44-49(54)51-47(45-52)48(53)42-39-36-33-30-28-26-24-22-20-17-14-11-8-5-2/h12,15,46-48,52-53H,4-11,13-14,16-45H2,1-3H3,(H,51,54)/b15-12-. The van der Waals surface area contributed by atoms with Gasteiger partial charge in [-0.3, -0.25) is 9.59 Å². The van der Waals surface area contributed by atoms with E-state index >= 15 is 0 Å². The first-order valence-electron chi connectivity index (χ1n) is 24.9. The van der Waals surface area contributed by atoms with Gasteiger partial charge < -0.3 is 20.3 Å². The SMILES string of the molecule is CCC/C=C\CCCCCC(CC(=O)NC(CO)C(O)CCCCCCCCCCCCCCCC)OC(=O)CCCCCCCCCCCCCCCCC. The number of esters is 1. The van der Waals surface area contributed by atoms with Gasteiger partial charge >= 0.3 is 5.97 Å². The van der Waals surface area contributed by atoms with Crippen molar-refractivity contribution in [3.8, 4) is 0 Å². The number of hydrogen-bond acceptors (Lipinski definition) is 5. The lowest BCUT2D eigenvalue weighted by molar-refractivity contribution is -0.151. The highest BCUT2D eigenvalue weighted by atomic mass is 16.5. The molecule has 332 valence electrons. The van der Waals surface area contributed by atoms with Crippen LogP contribution in [0.4, 0.5) is 0 Å². The summed E-state index contributed by atoms with van der Waals surface area (Å²) >= 11 is 0. The molecule has 3 atom stereocenters. The van der Waals surface area contributed by atoms with Gasteiger partial charge in [0.15, 0.2) is 0 Å². The Morgan fingerprint density at radius 1 is 0.500 bits per heavy atom. The molecule has 0 radical (unpaired) electrons. The number of amides is 1. The summed E-state index contributed by atoms with van der Waals surface area (Å²) in [5, 5.41) is 23.7. The van der Waals surface area contributed by atoms with Crippen LogP contribution in [0.1, 0.15) is 271 Å². The van der Waals surface area contributed by atoms with Crippen LogP contribution in [0.15, 0.2) is 12.2 Å². The minimum atomic E-state index is -0.784. The summed E-state index contributed by atoms with van der Waals surface area (Å²) in [6, 6.07) is -0.698. The summed E-state index contributed by atoms with van der Waals surface area (Å²) < 4.78 is 5.89. The zero-order chi connectivity index (χ0) is 41.0. The van der Waals surface area contributed by atoms with Crippen LogP contribution >= 0.6 is 0 Å². The second-order valence-electron chi connectivity index (χ2n) is 17.2. The van der Waals surface area contributed by atoms with Crippen LogP contribution in [-0.4, -0.2) is 46.9 Å². The number of hydrogen-bond donors (Lipinski definition) is 3. The first-order valence-corrected chi connectivity index (χ1v) is 24.9. The van der Waals surface area contributed by atoms with Crippen LogP contribution in [0.3, 0.4) is 0 Å². The van der Waals surface area contributed by atoms with Gasteiger partial charge in [0, 0.05) is 6.42 Å². The molecule has 3 unspecified atom stereocenters. The topological polar surface area (TPSA) is 95.9 Å². The van der Waals surface area contributed by atoms with Crippen LogP contribution in [0, 0.1) is 0 Å². The third-order valence-electron chi connectivity index (χ3n) is 11.6. The van der Waals surface area contributed by atoms with E-state index in [2.05, 4.69) is 38.2 Å². The number of unbranched alkanes of at least 4 members (excludes halogenated alkanes) is 31. The maximum absolute atomic E-state index is 13.1. The average Bonchev–Trinajstić information content (AvgIpc) is 3.19. The smallest absolute Gasteiger partial charge is 0.306 e. The summed E-state index contributed by atoms with van der Waals surface area (Å²) in [6.07, 6.45) is 48.5. The molecule has 0 heterocycles. The van der Waals surface area contributed by atoms with E-state index in [-0.39, 0.29) is 24.9 Å². The molecule has 0 aliphatic heterocycles. The number of allylic oxidation sites excluding steroid dienone is 2. The predicted octanol–water partition coefficient (Wildman–Crippen LogP) is 14.6. The second-order valence-corrected chi connectivity index (χ2v) is 17.2. The van der Waals surface area contributed by atoms with Crippen LogP contribution in [0.2, 0.25) is 0 Å². The molecule has 1 amide bonds. The molecule has 0 aliphatic carbocycles. The number of ether oxygens (including phenoxy) is 1. The molecular weight excluding hydrogens is 695 g/mol. The zero-order valence-electron chi connectivity index (χ0n) is 37.8. The molecule has 0 aliphatic rings. The zero-order valence-corrected chi connectivity index (χ0v) is 37.8. The molecule has 0 spiro atoms. The van der Waals surface area contributed by atoms with Crippen molar-refractivity contribution in [2.75, 3.05) is 6.61 Å². The van der Waals surface area contributed by atoms with Gasteiger partial charge in [-0.2, -0.15) is 0 Å². The molecule has 0 aromatic carbocycles. The number of carbonyl (C=O) groups is 2. The molecular formula is C50H97NO5. The maximum Gasteiger partial charge on any atom is 0.306 e. The van der Waals surface area contributed by atoms with Gasteiger partial charge in [-0.1, -0.05) is 226 Å². The minimum Gasteiger partial charge on any atom is -0.462 e. The largest absolute Gasteiger partial charge is 0.462 e. The molecule has 6 heteroatoms. The first-order chi connectivity index (χ1) is 27.5. The predicted molar refractivity (Wildman–Crippen MR) is 241 cm³/mol. The number of nitrogens with one attached hydrogen (secondary N) is 1. The van der Waals surface area contributed by atoms with E-state index < -0.39 is 18.2 Å². The summed E-state index contributed by atoms with van der Waals surface area (Å²) in [4.78, 5) is 26.0. The highest BCUT2D eigenvalue weighted by Crippen LogP contribution is 2.18. The molecule has 56 heavy (non-hydrogen) atoms. The second kappa shape index (κ2) is 44.7. The molecule has 6 nitrogen and oxygen atoms in total. The fourth-order valence-electron chi connectivity index (χ4n) is 7.79. The lowest BCUT2D eigenvalue weighted by atomic mass is 10.0. The van der Waals surface area contributed by atoms with Gasteiger partial charge in [-0.25, -0.2) is 0 Å². The Morgan fingerprint density at radius 3 is 1.34 bits per heavy atom. The summed E-state index contributed by atoms with van der Waals surface area (Å²) in [6.45, 7) is 6.43. The van der Waals surface area contributed by atoms with E-state index in [0.717, 1.165) is 64.2 Å². The quantitative estimate of drug-likeness (QED) is 0.0324. The maximum atomic E-state index is 13.1. The van der Waals surface area contributed by atoms with Crippen molar-refractivity contribution in [2.24, 2.45) is 0 Å². The Kier molecular flexibility index (Phi) is 43.6. The van der Waals surface area contributed by atoms with Crippen molar-refractivity contribution in [3.05, 3.63) is 12.2 Å². The summed E-state index contributed by atoms with van der Waals surface area (Å²) in [7, 11) is 0. The normalized spacial score (nSPS) is 13.3. The molecule has 0 rings (SSSR count). The van der Waals surface area contributed by atoms with Crippen molar-refractivity contribution in [3.63, 3.8) is 0 Å². The van der Waals surface area contributed by atoms with Crippen molar-refractivity contribution >= 4 is 11.9 Å². The van der Waals surface area contributed by atoms with E-state index in [9.17, 15) is 19.8 Å². The monoisotopic (exact) mass is 792 g/mol. The number of rotatable bonds is 45. The van der Waals surface area contributed by atoms with Gasteiger partial charge in [-0.05, 0) is 44.9 Å². The highest BCUT2D eigenvalue weighted by molar-refractivity contribution is 5.77. The summed E-state index contributed by atoms with van der Waals surface area (Å²) in [5.74, 6) is -0.479. The molecule has 0 bridgehead atoms. The highest BCUT2D eigenvalue weighted by Gasteiger charge is 2.24. The van der Waals surface area contributed by atoms with Crippen molar-refractivity contribution in [2.45, 2.75) is 289 Å². The van der Waals surface area contributed by atoms with E-state index in [4.69, 9.17) is 4.74 Å². The van der Waals surface area contributed by atoms with Crippen molar-refractivity contribution in [1.29, 1.82) is 0 Å². The molecule has 0 aromatic heterocycles. The minimum absolute atomic E-state index is 0.0725. The number of carbonyl (C=O) groups excluding carboxylic acids is 2. The lowest BCUT2D eigenvalue weighted by Gasteiger charge is -2.24. The van der Waals surface area contributed by atoms with Crippen LogP contribution in [0.25, 0.3) is 0 Å². The van der Waals surface area contributed by atoms with Gasteiger partial charge in [-0.15, -0.1) is 0 Å². The van der Waals surface area contributed by atoms with Gasteiger partial charge in [0.1, 0.15) is 6.10 Å². The van der Waals surface area contributed by atoms with Crippen LogP contribution in [-0.2, 0) is 14.3 Å². The molecule has 3 N–H and O–H groups in total. The Hall–Kier alpha value is -1.40. The molecule has 0 saturated heterocycles. The van der Waals surface area contributed by atoms with Gasteiger partial charge in [0.2, 0.25) is 5.91 Å². The van der Waals surface area contributed by atoms with E-state index in [1.807, 2.05) is 0 Å². The lowest BCUT2D eigenvalue weighted by Crippen LogP contribution is -2.46. The van der Waals surface area contributed by atoms with Crippen LogP contribution in [0.5, 0.6) is 0 Å². The summed E-state index contributed by atoms with van der Waals surface area (Å²) in [5.41, 5.74) is 0. The molecule has 0 fully saturated rings. The first kappa shape index (κ1) is 54.6. The Bertz CT molecular complexity index is 847. The Balaban J connectivity index is 4.39. The number of aliphatic hydroxyl groups excluding tert-OH is 2. The van der Waals surface area contributed by atoms with Gasteiger partial charge in [0.05, 0.1) is 25.2 Å². The molecule has 0 aromatic rings. The van der Waals surface area contributed by atoms with Crippen molar-refractivity contribution < 1.29 is 24.5 Å². The fraction of sp³-hybridized carbons (Fsp3) is 0.920. The third kappa shape index (κ3) is 39.4. The van der Waals surface area contributed by atoms with Crippen LogP contribution < -0.4 is 5.32 Å². The number of aliphatic hydroxyl groups is 2. The average molecular weight is 792 g/mol. The Labute approximate surface area is 349 Å². The molecule has 0 saturated carbocycles. The third-order valence-corrected chi connectivity index (χ3v) is 11.6. The Morgan fingerprint density at radius 2 is 0.893 bits per heavy atom. The van der Waals surface area contributed by atoms with Gasteiger partial charge in [0.25, 0.3) is 0 Å². The van der Waals surface area contributed by atoms with E-state index in [1.54, 1.807) is 0 Å². The van der Waals surface area contributed by atoms with Crippen molar-refractivity contribution in [1.82, 2.24) is 5.32 Å². The van der Waals surface area contributed by atoms with E-state index in [0.29, 0.717) is 19.3 Å².